The van der Waals surface area contributed by atoms with Crippen LogP contribution in [-0.4, -0.2) is 27.8 Å². The Hall–Kier alpha value is -2.77. The molecule has 0 amide bonds. The van der Waals surface area contributed by atoms with Crippen LogP contribution >= 0.6 is 0 Å². The lowest BCUT2D eigenvalue weighted by molar-refractivity contribution is -0.213. The fraction of sp³-hybridized carbons (Fsp3) is 0.600. The molecule has 8 heteroatoms. The van der Waals surface area contributed by atoms with Gasteiger partial charge in [0.25, 0.3) is 0 Å². The molecule has 2 atom stereocenters. The molecule has 0 saturated heterocycles. The van der Waals surface area contributed by atoms with Gasteiger partial charge < -0.3 is 14.4 Å². The number of hydrogen-bond donors (Lipinski definition) is 1. The van der Waals surface area contributed by atoms with Crippen molar-refractivity contribution < 1.29 is 32.3 Å². The van der Waals surface area contributed by atoms with Crippen molar-refractivity contribution in [2.75, 3.05) is 0 Å². The maximum absolute atomic E-state index is 13.4. The van der Waals surface area contributed by atoms with Crippen LogP contribution in [0, 0.1) is 11.3 Å². The molecule has 1 aliphatic heterocycles. The van der Waals surface area contributed by atoms with Gasteiger partial charge in [0.1, 0.15) is 22.9 Å². The first kappa shape index (κ1) is 28.2. The Balaban J connectivity index is 1.68. The molecular formula is C30H38F3NO4. The molecule has 0 fully saturated rings. The number of allylic oxidation sites excluding steroid dienone is 2. The van der Waals surface area contributed by atoms with Crippen LogP contribution < -0.4 is 4.74 Å². The number of ether oxygens (including phenoxy) is 1. The fourth-order valence-corrected chi connectivity index (χ4v) is 5.72. The van der Waals surface area contributed by atoms with E-state index in [1.165, 1.54) is 0 Å². The van der Waals surface area contributed by atoms with Gasteiger partial charge >= 0.3 is 6.18 Å². The molecule has 2 aromatic rings. The number of halogens is 3. The Bertz CT molecular complexity index is 1250. The van der Waals surface area contributed by atoms with Gasteiger partial charge in [-0.2, -0.15) is 13.2 Å². The van der Waals surface area contributed by atoms with Gasteiger partial charge in [-0.1, -0.05) is 45.9 Å². The summed E-state index contributed by atoms with van der Waals surface area (Å²) >= 11 is 0. The average Bonchev–Trinajstić information content (AvgIpc) is 3.26. The van der Waals surface area contributed by atoms with E-state index in [1.54, 1.807) is 12.1 Å². The number of benzene rings is 1. The number of alkyl halides is 3. The Labute approximate surface area is 222 Å². The van der Waals surface area contributed by atoms with Gasteiger partial charge in [0, 0.05) is 41.7 Å². The molecule has 1 N–H and O–H groups in total. The minimum absolute atomic E-state index is 0.0425. The number of ketones is 1. The number of phenolic OH excluding ortho intramolecular Hbond substituents is 1. The van der Waals surface area contributed by atoms with E-state index in [-0.39, 0.29) is 24.0 Å². The van der Waals surface area contributed by atoms with Crippen molar-refractivity contribution in [3.63, 3.8) is 0 Å². The molecule has 0 bridgehead atoms. The van der Waals surface area contributed by atoms with E-state index in [9.17, 15) is 23.1 Å². The minimum atomic E-state index is -4.48. The SMILES string of the molecule is CCCc1cc(C(C)(C)c2cc(O)c3c(c2)OC(C)(C)[C@@H]2CC=C(C(=O)CC(C)(C)C(F)(F)F)C[C@@H]32)no1. The summed E-state index contributed by atoms with van der Waals surface area (Å²) < 4.78 is 52.3. The second-order valence-electron chi connectivity index (χ2n) is 12.5. The number of rotatable bonds is 7. The van der Waals surface area contributed by atoms with Crippen LogP contribution in [0.4, 0.5) is 13.2 Å². The van der Waals surface area contributed by atoms with E-state index in [4.69, 9.17) is 9.26 Å². The molecule has 5 nitrogen and oxygen atoms in total. The number of aromatic hydroxyl groups is 1. The van der Waals surface area contributed by atoms with Crippen molar-refractivity contribution in [2.45, 2.75) is 104 Å². The van der Waals surface area contributed by atoms with Crippen molar-refractivity contribution in [3.8, 4) is 11.5 Å². The quantitative estimate of drug-likeness (QED) is 0.393. The molecule has 4 rings (SSSR count). The zero-order chi connectivity index (χ0) is 28.3. The maximum atomic E-state index is 13.4. The molecule has 38 heavy (non-hydrogen) atoms. The van der Waals surface area contributed by atoms with Gasteiger partial charge in [0.05, 0.1) is 11.1 Å². The summed E-state index contributed by atoms with van der Waals surface area (Å²) in [6, 6.07) is 5.55. The van der Waals surface area contributed by atoms with Crippen LogP contribution in [0.25, 0.3) is 0 Å². The summed E-state index contributed by atoms with van der Waals surface area (Å²) in [6.45, 7) is 12.1. The van der Waals surface area contributed by atoms with E-state index < -0.39 is 34.8 Å². The molecule has 1 aromatic heterocycles. The molecule has 2 heterocycles. The zero-order valence-electron chi connectivity index (χ0n) is 23.3. The highest BCUT2D eigenvalue weighted by Crippen LogP contribution is 2.55. The number of phenols is 1. The number of carbonyl (C=O) groups is 1. The van der Waals surface area contributed by atoms with Crippen molar-refractivity contribution in [2.24, 2.45) is 11.3 Å². The van der Waals surface area contributed by atoms with Gasteiger partial charge in [-0.3, -0.25) is 4.79 Å². The van der Waals surface area contributed by atoms with Crippen LogP contribution in [0.2, 0.25) is 0 Å². The normalized spacial score (nSPS) is 21.3. The molecule has 1 aliphatic carbocycles. The number of fused-ring (bicyclic) bond motifs is 3. The molecule has 2 aliphatic rings. The van der Waals surface area contributed by atoms with Gasteiger partial charge in [-0.25, -0.2) is 0 Å². The standard InChI is InChI=1S/C30H38F3NO4/c1-8-9-19-15-25(34-38-19)28(4,5)18-13-22(35)26-20-12-17(23(36)16-27(2,3)30(31,32)33)10-11-21(20)29(6,7)37-24(26)14-18/h10,13-15,20-21,35H,8-9,11-12,16H2,1-7H3/t20-,21-/m1/s1. The lowest BCUT2D eigenvalue weighted by atomic mass is 9.65. The first-order valence-electron chi connectivity index (χ1n) is 13.3. The van der Waals surface area contributed by atoms with Crippen molar-refractivity contribution >= 4 is 5.78 Å². The Morgan fingerprint density at radius 2 is 1.84 bits per heavy atom. The highest BCUT2D eigenvalue weighted by atomic mass is 19.4. The third kappa shape index (κ3) is 4.98. The summed E-state index contributed by atoms with van der Waals surface area (Å²) in [4.78, 5) is 13.0. The Morgan fingerprint density at radius 1 is 1.16 bits per heavy atom. The lowest BCUT2D eigenvalue weighted by Gasteiger charge is -2.47. The first-order valence-corrected chi connectivity index (χ1v) is 13.3. The molecule has 1 aromatic carbocycles. The van der Waals surface area contributed by atoms with Crippen molar-refractivity contribution in [3.05, 3.63) is 52.4 Å². The number of hydrogen-bond acceptors (Lipinski definition) is 5. The molecule has 208 valence electrons. The number of carbonyl (C=O) groups excluding carboxylic acids is 1. The number of aromatic nitrogens is 1. The van der Waals surface area contributed by atoms with E-state index in [0.29, 0.717) is 23.3 Å². The monoisotopic (exact) mass is 533 g/mol. The topological polar surface area (TPSA) is 72.6 Å². The maximum Gasteiger partial charge on any atom is 0.394 e. The van der Waals surface area contributed by atoms with E-state index in [2.05, 4.69) is 12.1 Å². The Morgan fingerprint density at radius 3 is 2.47 bits per heavy atom. The first-order chi connectivity index (χ1) is 17.5. The highest BCUT2D eigenvalue weighted by molar-refractivity contribution is 5.96. The third-order valence-electron chi connectivity index (χ3n) is 8.45. The van der Waals surface area contributed by atoms with Crippen LogP contribution in [-0.2, 0) is 16.6 Å². The zero-order valence-corrected chi connectivity index (χ0v) is 23.3. The Kier molecular flexibility index (Phi) is 7.03. The third-order valence-corrected chi connectivity index (χ3v) is 8.45. The molecule has 0 spiro atoms. The number of nitrogens with zero attached hydrogens (tertiary/aromatic N) is 1. The predicted molar refractivity (Wildman–Crippen MR) is 138 cm³/mol. The molecule has 0 unspecified atom stereocenters. The molecule has 0 saturated carbocycles. The average molecular weight is 534 g/mol. The fourth-order valence-electron chi connectivity index (χ4n) is 5.72. The van der Waals surface area contributed by atoms with Crippen LogP contribution in [0.5, 0.6) is 11.5 Å². The lowest BCUT2D eigenvalue weighted by Crippen LogP contribution is -2.46. The van der Waals surface area contributed by atoms with Crippen LogP contribution in [0.15, 0.2) is 34.4 Å². The predicted octanol–water partition coefficient (Wildman–Crippen LogP) is 7.80. The summed E-state index contributed by atoms with van der Waals surface area (Å²) in [5.74, 6) is 0.588. The van der Waals surface area contributed by atoms with Gasteiger partial charge in [0.2, 0.25) is 0 Å². The van der Waals surface area contributed by atoms with Crippen molar-refractivity contribution in [1.82, 2.24) is 5.16 Å². The van der Waals surface area contributed by atoms with Crippen molar-refractivity contribution in [1.29, 1.82) is 0 Å². The molecular weight excluding hydrogens is 495 g/mol. The second-order valence-corrected chi connectivity index (χ2v) is 12.5. The van der Waals surface area contributed by atoms with E-state index in [1.807, 2.05) is 39.8 Å². The summed E-state index contributed by atoms with van der Waals surface area (Å²) in [7, 11) is 0. The minimum Gasteiger partial charge on any atom is -0.508 e. The van der Waals surface area contributed by atoms with Gasteiger partial charge in [-0.15, -0.1) is 0 Å². The van der Waals surface area contributed by atoms with Gasteiger partial charge in [0.15, 0.2) is 5.78 Å². The summed E-state index contributed by atoms with van der Waals surface area (Å²) in [5, 5.41) is 15.6. The highest BCUT2D eigenvalue weighted by Gasteiger charge is 2.50. The summed E-state index contributed by atoms with van der Waals surface area (Å²) in [6.07, 6.45) is -0.854. The smallest absolute Gasteiger partial charge is 0.394 e. The van der Waals surface area contributed by atoms with Gasteiger partial charge in [-0.05, 0) is 56.4 Å². The molecule has 0 radical (unpaired) electrons. The van der Waals surface area contributed by atoms with E-state index >= 15 is 0 Å². The largest absolute Gasteiger partial charge is 0.508 e. The number of Topliss-reactive ketones (excluding diaryl/α,β-unsaturated/α-hetero) is 1. The van der Waals surface area contributed by atoms with Crippen LogP contribution in [0.1, 0.15) is 103 Å². The number of aryl methyl sites for hydroxylation is 1. The van der Waals surface area contributed by atoms with Crippen LogP contribution in [0.3, 0.4) is 0 Å². The second kappa shape index (κ2) is 9.45. The summed E-state index contributed by atoms with van der Waals surface area (Å²) in [5.41, 5.74) is -0.761. The van der Waals surface area contributed by atoms with E-state index in [0.717, 1.165) is 43.7 Å².